The van der Waals surface area contributed by atoms with Gasteiger partial charge < -0.3 is 19.5 Å². The smallest absolute Gasteiger partial charge is 0.344 e. The topological polar surface area (TPSA) is 127 Å². The molecule has 0 fully saturated rings. The van der Waals surface area contributed by atoms with Gasteiger partial charge in [0.1, 0.15) is 21.9 Å². The molecule has 0 unspecified atom stereocenters. The number of ether oxygens (including phenoxy) is 3. The highest BCUT2D eigenvalue weighted by molar-refractivity contribution is 7.98. The summed E-state index contributed by atoms with van der Waals surface area (Å²) in [5.41, 5.74) is 2.74. The van der Waals surface area contributed by atoms with Crippen LogP contribution in [0.2, 0.25) is 0 Å². The van der Waals surface area contributed by atoms with Crippen molar-refractivity contribution in [3.8, 4) is 23.2 Å². The van der Waals surface area contributed by atoms with Gasteiger partial charge in [-0.3, -0.25) is 4.79 Å². The molecule has 1 amide bonds. The highest BCUT2D eigenvalue weighted by Crippen LogP contribution is 2.31. The molecule has 0 aliphatic heterocycles. The Morgan fingerprint density at radius 3 is 2.29 bits per heavy atom. The molecule has 0 atom stereocenters. The van der Waals surface area contributed by atoms with Crippen LogP contribution in [0.5, 0.6) is 17.5 Å². The zero-order chi connectivity index (χ0) is 33.5. The molecule has 4 aromatic carbocycles. The van der Waals surface area contributed by atoms with Gasteiger partial charge in [-0.2, -0.15) is 14.6 Å². The van der Waals surface area contributed by atoms with Gasteiger partial charge in [0.05, 0.1) is 12.3 Å². The van der Waals surface area contributed by atoms with E-state index in [0.29, 0.717) is 27.9 Å². The zero-order valence-corrected chi connectivity index (χ0v) is 27.0. The SMILES string of the molecule is CCOC(=O)COc1ccc(Oc2nc3c(c(SCc4ccccc4)nn3-c3ccccc3)c(=O)n2C(=O)Nc2cccc(C)c2)cc1. The standard InChI is InChI=1S/C36H31N5O6S/c1-3-45-30(42)22-46-28-17-19-29(20-18-28)47-36-38-32-31(34(43)40(36)35(44)37-26-14-10-11-24(2)21-26)33(48-23-25-12-6-4-7-13-25)39-41(32)27-15-8-5-9-16-27/h4-21H,3,22-23H2,1-2H3,(H,37,44). The number of nitrogens with one attached hydrogen (secondary N) is 1. The first-order valence-electron chi connectivity index (χ1n) is 15.1. The van der Waals surface area contributed by atoms with Crippen molar-refractivity contribution in [2.45, 2.75) is 24.6 Å². The Morgan fingerprint density at radius 2 is 1.58 bits per heavy atom. The summed E-state index contributed by atoms with van der Waals surface area (Å²) in [5, 5.41) is 8.19. The minimum atomic E-state index is -0.754. The van der Waals surface area contributed by atoms with Crippen LogP contribution in [-0.2, 0) is 15.3 Å². The molecule has 11 nitrogen and oxygen atoms in total. The number of amides is 1. The molecule has 2 aromatic heterocycles. The Kier molecular flexibility index (Phi) is 9.82. The van der Waals surface area contributed by atoms with Crippen LogP contribution in [0, 0.1) is 6.92 Å². The molecule has 12 heteroatoms. The Bertz CT molecular complexity index is 2120. The van der Waals surface area contributed by atoms with Gasteiger partial charge in [0, 0.05) is 11.4 Å². The number of aryl methyl sites for hydroxylation is 1. The second-order valence-corrected chi connectivity index (χ2v) is 11.5. The molecule has 0 bridgehead atoms. The van der Waals surface area contributed by atoms with E-state index in [-0.39, 0.29) is 36.0 Å². The van der Waals surface area contributed by atoms with Crippen molar-refractivity contribution >= 4 is 40.5 Å². The lowest BCUT2D eigenvalue weighted by atomic mass is 10.2. The normalized spacial score (nSPS) is 10.9. The summed E-state index contributed by atoms with van der Waals surface area (Å²) in [6, 6.07) is 31.7. The number of fused-ring (bicyclic) bond motifs is 1. The summed E-state index contributed by atoms with van der Waals surface area (Å²) in [6.45, 7) is 3.62. The quantitative estimate of drug-likeness (QED) is 0.115. The van der Waals surface area contributed by atoms with E-state index >= 15 is 0 Å². The van der Waals surface area contributed by atoms with Crippen LogP contribution in [0.25, 0.3) is 16.7 Å². The van der Waals surface area contributed by atoms with Crippen LogP contribution >= 0.6 is 11.8 Å². The first-order valence-corrected chi connectivity index (χ1v) is 16.1. The average Bonchev–Trinajstić information content (AvgIpc) is 3.46. The lowest BCUT2D eigenvalue weighted by molar-refractivity contribution is -0.145. The summed E-state index contributed by atoms with van der Waals surface area (Å²) in [6.07, 6.45) is 0. The van der Waals surface area contributed by atoms with Crippen molar-refractivity contribution in [3.63, 3.8) is 0 Å². The summed E-state index contributed by atoms with van der Waals surface area (Å²) >= 11 is 1.38. The maximum Gasteiger partial charge on any atom is 0.344 e. The largest absolute Gasteiger partial charge is 0.482 e. The average molecular weight is 662 g/mol. The number of thioether (sulfide) groups is 1. The Hall–Kier alpha value is -5.88. The third kappa shape index (κ3) is 7.39. The van der Waals surface area contributed by atoms with Crippen LogP contribution in [0.1, 0.15) is 18.1 Å². The van der Waals surface area contributed by atoms with Gasteiger partial charge in [-0.25, -0.2) is 14.3 Å². The first kappa shape index (κ1) is 32.1. The monoisotopic (exact) mass is 661 g/mol. The summed E-state index contributed by atoms with van der Waals surface area (Å²) in [7, 11) is 0. The molecular weight excluding hydrogens is 630 g/mol. The van der Waals surface area contributed by atoms with Crippen molar-refractivity contribution in [1.29, 1.82) is 0 Å². The highest BCUT2D eigenvalue weighted by Gasteiger charge is 2.26. The summed E-state index contributed by atoms with van der Waals surface area (Å²) in [5.74, 6) is 0.719. The van der Waals surface area contributed by atoms with Gasteiger partial charge in [-0.1, -0.05) is 72.4 Å². The van der Waals surface area contributed by atoms with E-state index in [1.54, 1.807) is 54.1 Å². The van der Waals surface area contributed by atoms with Gasteiger partial charge in [-0.15, -0.1) is 0 Å². The van der Waals surface area contributed by atoms with Gasteiger partial charge in [0.25, 0.3) is 5.56 Å². The van der Waals surface area contributed by atoms with Gasteiger partial charge in [0.2, 0.25) is 0 Å². The van der Waals surface area contributed by atoms with Gasteiger partial charge >= 0.3 is 18.0 Å². The molecule has 0 spiro atoms. The van der Waals surface area contributed by atoms with Crippen molar-refractivity contribution < 1.29 is 23.8 Å². The molecule has 0 saturated heterocycles. The number of anilines is 1. The Morgan fingerprint density at radius 1 is 0.875 bits per heavy atom. The van der Waals surface area contributed by atoms with E-state index in [2.05, 4.69) is 5.32 Å². The molecule has 0 saturated carbocycles. The molecule has 0 aliphatic rings. The fourth-order valence-corrected chi connectivity index (χ4v) is 5.76. The minimum Gasteiger partial charge on any atom is -0.482 e. The predicted octanol–water partition coefficient (Wildman–Crippen LogP) is 7.00. The summed E-state index contributed by atoms with van der Waals surface area (Å²) in [4.78, 5) is 44.7. The van der Waals surface area contributed by atoms with Crippen molar-refractivity contribution in [2.24, 2.45) is 0 Å². The lowest BCUT2D eigenvalue weighted by Gasteiger charge is -2.14. The van der Waals surface area contributed by atoms with Crippen molar-refractivity contribution in [1.82, 2.24) is 19.3 Å². The van der Waals surface area contributed by atoms with Gasteiger partial charge in [-0.05, 0) is 73.5 Å². The second kappa shape index (κ2) is 14.7. The molecule has 2 heterocycles. The predicted molar refractivity (Wildman–Crippen MR) is 183 cm³/mol. The third-order valence-corrected chi connectivity index (χ3v) is 8.06. The Labute approximate surface area is 280 Å². The molecule has 242 valence electrons. The third-order valence-electron chi connectivity index (χ3n) is 7.03. The number of carbonyl (C=O) groups excluding carboxylic acids is 2. The maximum atomic E-state index is 14.4. The molecule has 0 aliphatic carbocycles. The summed E-state index contributed by atoms with van der Waals surface area (Å²) < 4.78 is 19.0. The van der Waals surface area contributed by atoms with E-state index < -0.39 is 17.6 Å². The van der Waals surface area contributed by atoms with E-state index in [1.165, 1.54) is 11.8 Å². The number of para-hydroxylation sites is 1. The van der Waals surface area contributed by atoms with Crippen LogP contribution in [0.3, 0.4) is 0 Å². The van der Waals surface area contributed by atoms with Crippen molar-refractivity contribution in [3.05, 3.63) is 131 Å². The Balaban J connectivity index is 1.44. The molecule has 6 rings (SSSR count). The number of rotatable bonds is 11. The van der Waals surface area contributed by atoms with E-state index in [4.69, 9.17) is 24.3 Å². The van der Waals surface area contributed by atoms with E-state index in [0.717, 1.165) is 15.7 Å². The van der Waals surface area contributed by atoms with Crippen molar-refractivity contribution in [2.75, 3.05) is 18.5 Å². The molecule has 48 heavy (non-hydrogen) atoms. The molecule has 0 radical (unpaired) electrons. The number of hydrogen-bond donors (Lipinski definition) is 1. The first-order chi connectivity index (χ1) is 23.4. The van der Waals surface area contributed by atoms with Crippen LogP contribution < -0.4 is 20.3 Å². The molecule has 6 aromatic rings. The highest BCUT2D eigenvalue weighted by atomic mass is 32.2. The number of carbonyl (C=O) groups is 2. The molecule has 1 N–H and O–H groups in total. The number of aromatic nitrogens is 4. The number of nitrogens with zero attached hydrogens (tertiary/aromatic N) is 4. The molecular formula is C36H31N5O6S. The lowest BCUT2D eigenvalue weighted by Crippen LogP contribution is -2.33. The van der Waals surface area contributed by atoms with Crippen LogP contribution in [-0.4, -0.2) is 44.5 Å². The number of hydrogen-bond acceptors (Lipinski definition) is 9. The zero-order valence-electron chi connectivity index (χ0n) is 26.2. The minimum absolute atomic E-state index is 0.175. The maximum absolute atomic E-state index is 14.4. The second-order valence-electron chi connectivity index (χ2n) is 10.5. The number of benzene rings is 4. The van der Waals surface area contributed by atoms with Gasteiger partial charge in [0.15, 0.2) is 12.3 Å². The van der Waals surface area contributed by atoms with E-state index in [1.807, 2.05) is 73.7 Å². The fourth-order valence-electron chi connectivity index (χ4n) is 4.80. The van der Waals surface area contributed by atoms with Crippen LogP contribution in [0.15, 0.2) is 119 Å². The fraction of sp³-hybridized carbons (Fsp3) is 0.139. The van der Waals surface area contributed by atoms with E-state index in [9.17, 15) is 14.4 Å². The number of esters is 1. The van der Waals surface area contributed by atoms with Crippen LogP contribution in [0.4, 0.5) is 10.5 Å².